The van der Waals surface area contributed by atoms with Crippen LogP contribution in [0.5, 0.6) is 0 Å². The van der Waals surface area contributed by atoms with Crippen molar-refractivity contribution in [2.24, 2.45) is 13.0 Å². The molecule has 3 aromatic rings. The summed E-state index contributed by atoms with van der Waals surface area (Å²) in [6.45, 7) is 4.82. The molecule has 2 heterocycles. The summed E-state index contributed by atoms with van der Waals surface area (Å²) in [5, 5.41) is 25.5. The van der Waals surface area contributed by atoms with Gasteiger partial charge < -0.3 is 31.5 Å². The number of aromatic nitrogens is 4. The van der Waals surface area contributed by atoms with E-state index in [2.05, 4.69) is 42.0 Å². The number of tetrazole rings is 1. The minimum absolute atomic E-state index is 0.124. The van der Waals surface area contributed by atoms with Crippen LogP contribution in [0.4, 0.5) is 0 Å². The minimum Gasteiger partial charge on any atom is -0.355 e. The quantitative estimate of drug-likeness (QED) is 0.230. The SMILES string of the molecule is CC(C)[C@H]1NC(=O)[C@@H](NC(=O)c2ccc(-c3nnn(C)n3)cc2)CCCNC(=O)CN(C)C(=O)[C@H](Cc2ccccc2)NC(=O)[C@@H](C)NC1=O. The highest BCUT2D eigenvalue weighted by molar-refractivity contribution is 5.99. The maximum Gasteiger partial charge on any atom is 0.251 e. The number of carbonyl (C=O) groups excluding carboxylic acids is 6. The van der Waals surface area contributed by atoms with E-state index in [1.54, 1.807) is 45.2 Å². The third-order valence-electron chi connectivity index (χ3n) is 8.18. The summed E-state index contributed by atoms with van der Waals surface area (Å²) in [5.41, 5.74) is 1.71. The lowest BCUT2D eigenvalue weighted by Gasteiger charge is -2.28. The first-order valence-electron chi connectivity index (χ1n) is 16.4. The van der Waals surface area contributed by atoms with Gasteiger partial charge in [0.2, 0.25) is 35.4 Å². The van der Waals surface area contributed by atoms with Crippen molar-refractivity contribution in [1.29, 1.82) is 0 Å². The molecule has 0 radical (unpaired) electrons. The molecule has 0 unspecified atom stereocenters. The summed E-state index contributed by atoms with van der Waals surface area (Å²) < 4.78 is 0. The maximum absolute atomic E-state index is 13.6. The number of hydrogen-bond donors (Lipinski definition) is 5. The van der Waals surface area contributed by atoms with E-state index in [0.717, 1.165) is 5.56 Å². The summed E-state index contributed by atoms with van der Waals surface area (Å²) in [6.07, 6.45) is 0.582. The summed E-state index contributed by atoms with van der Waals surface area (Å²) in [5.74, 6) is -3.28. The fourth-order valence-corrected chi connectivity index (χ4v) is 5.33. The molecule has 1 aliphatic rings. The molecular weight excluding hydrogens is 644 g/mol. The molecule has 1 fully saturated rings. The van der Waals surface area contributed by atoms with Crippen molar-refractivity contribution in [3.8, 4) is 11.4 Å². The normalized spacial score (nSPS) is 21.7. The zero-order valence-corrected chi connectivity index (χ0v) is 28.8. The Morgan fingerprint density at radius 3 is 2.26 bits per heavy atom. The first kappa shape index (κ1) is 37.2. The Kier molecular flexibility index (Phi) is 12.7. The molecule has 0 aliphatic carbocycles. The molecule has 4 rings (SSSR count). The molecule has 1 aromatic heterocycles. The van der Waals surface area contributed by atoms with Gasteiger partial charge in [-0.2, -0.15) is 4.80 Å². The lowest BCUT2D eigenvalue weighted by molar-refractivity contribution is -0.139. The molecule has 16 nitrogen and oxygen atoms in total. The van der Waals surface area contributed by atoms with E-state index in [1.807, 2.05) is 30.3 Å². The third-order valence-corrected chi connectivity index (χ3v) is 8.18. The second-order valence-corrected chi connectivity index (χ2v) is 12.6. The molecule has 6 amide bonds. The van der Waals surface area contributed by atoms with Crippen LogP contribution in [0, 0.1) is 5.92 Å². The van der Waals surface area contributed by atoms with Crippen molar-refractivity contribution in [3.63, 3.8) is 0 Å². The number of hydrogen-bond acceptors (Lipinski definition) is 9. The van der Waals surface area contributed by atoms with Crippen LogP contribution < -0.4 is 26.6 Å². The Balaban J connectivity index is 1.53. The Morgan fingerprint density at radius 2 is 1.62 bits per heavy atom. The predicted molar refractivity (Wildman–Crippen MR) is 182 cm³/mol. The highest BCUT2D eigenvalue weighted by atomic mass is 16.2. The van der Waals surface area contributed by atoms with Crippen molar-refractivity contribution in [3.05, 3.63) is 65.7 Å². The average Bonchev–Trinajstić information content (AvgIpc) is 3.53. The van der Waals surface area contributed by atoms with Crippen LogP contribution in [0.3, 0.4) is 0 Å². The van der Waals surface area contributed by atoms with E-state index in [9.17, 15) is 28.8 Å². The van der Waals surface area contributed by atoms with Crippen LogP contribution in [-0.2, 0) is 37.4 Å². The number of amides is 6. The van der Waals surface area contributed by atoms with Crippen LogP contribution in [0.2, 0.25) is 0 Å². The van der Waals surface area contributed by atoms with E-state index in [4.69, 9.17) is 0 Å². The van der Waals surface area contributed by atoms with Gasteiger partial charge in [0.1, 0.15) is 24.2 Å². The molecule has 16 heteroatoms. The molecule has 4 atom stereocenters. The van der Waals surface area contributed by atoms with Gasteiger partial charge in [0.15, 0.2) is 0 Å². The molecule has 266 valence electrons. The fraction of sp³-hybridized carbons (Fsp3) is 0.441. The second kappa shape index (κ2) is 17.1. The van der Waals surface area contributed by atoms with Crippen LogP contribution >= 0.6 is 0 Å². The van der Waals surface area contributed by atoms with Crippen LogP contribution in [0.25, 0.3) is 11.4 Å². The first-order chi connectivity index (χ1) is 23.8. The summed E-state index contributed by atoms with van der Waals surface area (Å²) >= 11 is 0. The Bertz CT molecular complexity index is 1680. The number of likely N-dealkylation sites (N-methyl/N-ethyl adjacent to an activating group) is 1. The fourth-order valence-electron chi connectivity index (χ4n) is 5.33. The minimum atomic E-state index is -1.07. The molecule has 0 spiro atoms. The van der Waals surface area contributed by atoms with Gasteiger partial charge in [-0.3, -0.25) is 28.8 Å². The number of nitrogens with zero attached hydrogens (tertiary/aromatic N) is 5. The third kappa shape index (κ3) is 10.2. The molecular formula is C34H44N10O6. The zero-order chi connectivity index (χ0) is 36.4. The summed E-state index contributed by atoms with van der Waals surface area (Å²) in [7, 11) is 3.11. The monoisotopic (exact) mass is 688 g/mol. The van der Waals surface area contributed by atoms with Gasteiger partial charge >= 0.3 is 0 Å². The number of benzene rings is 2. The van der Waals surface area contributed by atoms with Crippen molar-refractivity contribution in [2.75, 3.05) is 20.1 Å². The van der Waals surface area contributed by atoms with Crippen LogP contribution in [0.15, 0.2) is 54.6 Å². The number of aryl methyl sites for hydroxylation is 1. The number of rotatable bonds is 6. The van der Waals surface area contributed by atoms with E-state index < -0.39 is 65.5 Å². The van der Waals surface area contributed by atoms with Gasteiger partial charge in [-0.25, -0.2) is 0 Å². The molecule has 1 saturated heterocycles. The van der Waals surface area contributed by atoms with Gasteiger partial charge in [-0.15, -0.1) is 10.2 Å². The van der Waals surface area contributed by atoms with Crippen molar-refractivity contribution in [2.45, 2.75) is 64.2 Å². The Hall–Kier alpha value is -5.67. The largest absolute Gasteiger partial charge is 0.355 e. The van der Waals surface area contributed by atoms with Crippen molar-refractivity contribution in [1.82, 2.24) is 51.7 Å². The maximum atomic E-state index is 13.6. The van der Waals surface area contributed by atoms with Gasteiger partial charge in [0.05, 0.1) is 13.6 Å². The van der Waals surface area contributed by atoms with Crippen molar-refractivity contribution >= 4 is 35.4 Å². The van der Waals surface area contributed by atoms with Crippen LogP contribution in [0.1, 0.15) is 49.5 Å². The van der Waals surface area contributed by atoms with Gasteiger partial charge in [0, 0.05) is 31.1 Å². The lowest BCUT2D eigenvalue weighted by atomic mass is 10.0. The van der Waals surface area contributed by atoms with Crippen molar-refractivity contribution < 1.29 is 28.8 Å². The molecule has 2 aromatic carbocycles. The average molecular weight is 689 g/mol. The van der Waals surface area contributed by atoms with E-state index >= 15 is 0 Å². The second-order valence-electron chi connectivity index (χ2n) is 12.6. The van der Waals surface area contributed by atoms with Gasteiger partial charge in [-0.05, 0) is 48.6 Å². The standard InChI is InChI=1S/C34H44N10O6/c1-20(2)28-33(49)36-21(3)30(46)38-26(18-22-10-7-6-8-11-22)34(50)43(4)19-27(45)35-17-9-12-25(32(48)39-28)37-31(47)24-15-13-23(14-16-24)29-40-42-44(5)41-29/h6-8,10-11,13-16,20-21,25-26,28H,9,12,17-19H2,1-5H3,(H,35,45)(H,36,49)(H,37,47)(H,38,46)(H,39,48)/t21-,25+,26+,28-/m1/s1. The highest BCUT2D eigenvalue weighted by Crippen LogP contribution is 2.15. The first-order valence-corrected chi connectivity index (χ1v) is 16.4. The smallest absolute Gasteiger partial charge is 0.251 e. The van der Waals surface area contributed by atoms with E-state index in [-0.39, 0.29) is 31.5 Å². The Morgan fingerprint density at radius 1 is 0.920 bits per heavy atom. The van der Waals surface area contributed by atoms with Crippen LogP contribution in [-0.4, -0.2) is 105 Å². The summed E-state index contributed by atoms with van der Waals surface area (Å²) in [4.78, 5) is 82.5. The topological polar surface area (TPSA) is 209 Å². The molecule has 1 aliphatic heterocycles. The van der Waals surface area contributed by atoms with Gasteiger partial charge in [-0.1, -0.05) is 56.3 Å². The predicted octanol–water partition coefficient (Wildman–Crippen LogP) is -0.283. The number of carbonyl (C=O) groups is 6. The van der Waals surface area contributed by atoms with E-state index in [0.29, 0.717) is 17.8 Å². The zero-order valence-electron chi connectivity index (χ0n) is 28.8. The molecule has 0 bridgehead atoms. The van der Waals surface area contributed by atoms with E-state index in [1.165, 1.54) is 23.7 Å². The molecule has 50 heavy (non-hydrogen) atoms. The lowest BCUT2D eigenvalue weighted by Crippen LogP contribution is -2.59. The van der Waals surface area contributed by atoms with Gasteiger partial charge in [0.25, 0.3) is 5.91 Å². The summed E-state index contributed by atoms with van der Waals surface area (Å²) in [6, 6.07) is 11.4. The molecule has 5 N–H and O–H groups in total. The highest BCUT2D eigenvalue weighted by Gasteiger charge is 2.32. The number of nitrogens with one attached hydrogen (secondary N) is 5. The molecule has 0 saturated carbocycles. The Labute approximate surface area is 290 Å².